The minimum Gasteiger partial charge on any atom is -0.368 e. The first-order valence-corrected chi connectivity index (χ1v) is 8.28. The molecule has 0 amide bonds. The molecule has 0 aliphatic rings. The summed E-state index contributed by atoms with van der Waals surface area (Å²) in [4.78, 5) is 11.0. The van der Waals surface area contributed by atoms with Gasteiger partial charge in [-0.2, -0.15) is 4.98 Å². The highest BCUT2D eigenvalue weighted by Crippen LogP contribution is 2.25. The van der Waals surface area contributed by atoms with Crippen LogP contribution >= 0.6 is 22.6 Å². The predicted molar refractivity (Wildman–Crippen MR) is 96.3 cm³/mol. The summed E-state index contributed by atoms with van der Waals surface area (Å²) < 4.78 is 1.08. The van der Waals surface area contributed by atoms with Crippen LogP contribution in [0.15, 0.2) is 30.3 Å². The van der Waals surface area contributed by atoms with Crippen molar-refractivity contribution in [2.45, 2.75) is 33.2 Å². The van der Waals surface area contributed by atoms with Gasteiger partial charge in [0.25, 0.3) is 0 Å². The highest BCUT2D eigenvalue weighted by atomic mass is 127. The molecule has 1 aromatic carbocycles. The number of hydrogen-bond acceptors (Lipinski definition) is 4. The first-order valence-electron chi connectivity index (χ1n) is 7.20. The summed E-state index contributed by atoms with van der Waals surface area (Å²) in [6.45, 7) is 5.99. The van der Waals surface area contributed by atoms with Gasteiger partial charge in [-0.05, 0) is 41.5 Å². The number of unbranched alkanes of at least 4 members (excludes halogenated alkanes) is 1. The third kappa shape index (κ3) is 4.30. The van der Waals surface area contributed by atoms with Crippen molar-refractivity contribution in [3.63, 3.8) is 0 Å². The summed E-state index contributed by atoms with van der Waals surface area (Å²) in [5.41, 5.74) is 8.05. The Labute approximate surface area is 139 Å². The number of anilines is 2. The van der Waals surface area contributed by atoms with Crippen LogP contribution in [0.1, 0.15) is 31.0 Å². The molecule has 0 unspecified atom stereocenters. The van der Waals surface area contributed by atoms with Crippen LogP contribution in [0.25, 0.3) is 0 Å². The lowest BCUT2D eigenvalue weighted by Crippen LogP contribution is -2.26. The third-order valence-electron chi connectivity index (χ3n) is 3.31. The van der Waals surface area contributed by atoms with Crippen LogP contribution in [0.3, 0.4) is 0 Å². The lowest BCUT2D eigenvalue weighted by Gasteiger charge is -2.25. The third-order valence-corrected chi connectivity index (χ3v) is 4.58. The largest absolute Gasteiger partial charge is 0.368 e. The molecule has 0 saturated heterocycles. The lowest BCUT2D eigenvalue weighted by molar-refractivity contribution is 0.704. The average molecular weight is 396 g/mol. The van der Waals surface area contributed by atoms with Crippen LogP contribution in [-0.2, 0) is 6.54 Å². The van der Waals surface area contributed by atoms with Gasteiger partial charge >= 0.3 is 0 Å². The zero-order valence-electron chi connectivity index (χ0n) is 12.5. The average Bonchev–Trinajstić information content (AvgIpc) is 2.48. The first kappa shape index (κ1) is 16.0. The zero-order valence-corrected chi connectivity index (χ0v) is 14.7. The van der Waals surface area contributed by atoms with Gasteiger partial charge in [0.2, 0.25) is 5.95 Å². The molecule has 0 saturated carbocycles. The zero-order chi connectivity index (χ0) is 15.2. The molecule has 0 radical (unpaired) electrons. The van der Waals surface area contributed by atoms with E-state index in [1.54, 1.807) is 0 Å². The summed E-state index contributed by atoms with van der Waals surface area (Å²) in [7, 11) is 0. The van der Waals surface area contributed by atoms with Crippen molar-refractivity contribution < 1.29 is 0 Å². The van der Waals surface area contributed by atoms with Crippen LogP contribution in [0, 0.1) is 10.5 Å². The Morgan fingerprint density at radius 1 is 1.19 bits per heavy atom. The maximum Gasteiger partial charge on any atom is 0.222 e. The van der Waals surface area contributed by atoms with Gasteiger partial charge in [0.05, 0.1) is 9.26 Å². The molecule has 2 rings (SSSR count). The van der Waals surface area contributed by atoms with Crippen molar-refractivity contribution in [3.8, 4) is 0 Å². The van der Waals surface area contributed by atoms with Crippen molar-refractivity contribution in [3.05, 3.63) is 45.2 Å². The molecule has 112 valence electrons. The molecule has 4 nitrogen and oxygen atoms in total. The number of hydrogen-bond donors (Lipinski definition) is 1. The van der Waals surface area contributed by atoms with E-state index in [0.717, 1.165) is 41.0 Å². The van der Waals surface area contributed by atoms with Gasteiger partial charge in [0, 0.05) is 13.1 Å². The van der Waals surface area contributed by atoms with E-state index in [1.807, 2.05) is 13.0 Å². The molecular weight excluding hydrogens is 375 g/mol. The molecule has 0 aliphatic carbocycles. The Balaban J connectivity index is 2.31. The molecule has 1 heterocycles. The molecule has 5 heteroatoms. The Hall–Kier alpha value is -1.37. The van der Waals surface area contributed by atoms with Crippen LogP contribution in [-0.4, -0.2) is 16.5 Å². The maximum atomic E-state index is 5.84. The molecule has 0 atom stereocenters. The van der Waals surface area contributed by atoms with E-state index < -0.39 is 0 Å². The standard InChI is InChI=1S/C16H21IN4/c1-3-4-10-21(11-13-8-6-5-7-9-13)15-14(17)12(2)19-16(18)20-15/h5-9H,3-4,10-11H2,1-2H3,(H2,18,19,20). The second-order valence-corrected chi connectivity index (χ2v) is 6.14. The van der Waals surface area contributed by atoms with Crippen molar-refractivity contribution in [2.75, 3.05) is 17.2 Å². The second-order valence-electron chi connectivity index (χ2n) is 5.07. The van der Waals surface area contributed by atoms with Crippen LogP contribution in [0.2, 0.25) is 0 Å². The number of aromatic nitrogens is 2. The molecule has 1 aromatic heterocycles. The summed E-state index contributed by atoms with van der Waals surface area (Å²) >= 11 is 2.31. The van der Waals surface area contributed by atoms with Crippen molar-refractivity contribution in [1.29, 1.82) is 0 Å². The number of nitrogens with two attached hydrogens (primary N) is 1. The highest BCUT2D eigenvalue weighted by molar-refractivity contribution is 14.1. The van der Waals surface area contributed by atoms with Crippen LogP contribution < -0.4 is 10.6 Å². The topological polar surface area (TPSA) is 55.0 Å². The fourth-order valence-electron chi connectivity index (χ4n) is 2.19. The van der Waals surface area contributed by atoms with Gasteiger partial charge in [-0.3, -0.25) is 0 Å². The van der Waals surface area contributed by atoms with E-state index in [2.05, 4.69) is 68.6 Å². The van der Waals surface area contributed by atoms with E-state index in [-0.39, 0.29) is 0 Å². The van der Waals surface area contributed by atoms with Gasteiger partial charge in [0.1, 0.15) is 5.82 Å². The van der Waals surface area contributed by atoms with Gasteiger partial charge in [0.15, 0.2) is 0 Å². The highest BCUT2D eigenvalue weighted by Gasteiger charge is 2.15. The predicted octanol–water partition coefficient (Wildman–Crippen LogP) is 3.78. The maximum absolute atomic E-state index is 5.84. The molecule has 0 aliphatic heterocycles. The van der Waals surface area contributed by atoms with Crippen molar-refractivity contribution in [1.82, 2.24) is 9.97 Å². The minimum atomic E-state index is 0.345. The number of nitrogen functional groups attached to an aromatic ring is 1. The van der Waals surface area contributed by atoms with Gasteiger partial charge in [-0.15, -0.1) is 0 Å². The quantitative estimate of drug-likeness (QED) is 0.756. The molecule has 0 spiro atoms. The van der Waals surface area contributed by atoms with Gasteiger partial charge < -0.3 is 10.6 Å². The van der Waals surface area contributed by atoms with Crippen LogP contribution in [0.4, 0.5) is 11.8 Å². The smallest absolute Gasteiger partial charge is 0.222 e. The molecule has 2 N–H and O–H groups in total. The summed E-state index contributed by atoms with van der Waals surface area (Å²) in [5, 5.41) is 0. The second kappa shape index (κ2) is 7.59. The molecule has 0 bridgehead atoms. The summed E-state index contributed by atoms with van der Waals surface area (Å²) in [6.07, 6.45) is 2.29. The fraction of sp³-hybridized carbons (Fsp3) is 0.375. The molecule has 0 fully saturated rings. The minimum absolute atomic E-state index is 0.345. The van der Waals surface area contributed by atoms with Crippen LogP contribution in [0.5, 0.6) is 0 Å². The van der Waals surface area contributed by atoms with Crippen molar-refractivity contribution >= 4 is 34.4 Å². The Kier molecular flexibility index (Phi) is 5.78. The van der Waals surface area contributed by atoms with E-state index in [9.17, 15) is 0 Å². The number of benzene rings is 1. The Morgan fingerprint density at radius 2 is 1.90 bits per heavy atom. The van der Waals surface area contributed by atoms with E-state index in [4.69, 9.17) is 5.73 Å². The SMILES string of the molecule is CCCCN(Cc1ccccc1)c1nc(N)nc(C)c1I. The Bertz CT molecular complexity index is 586. The number of halogens is 1. The van der Waals surface area contributed by atoms with E-state index in [0.29, 0.717) is 5.95 Å². The van der Waals surface area contributed by atoms with E-state index in [1.165, 1.54) is 5.56 Å². The van der Waals surface area contributed by atoms with Gasteiger partial charge in [-0.1, -0.05) is 43.7 Å². The molecular formula is C16H21IN4. The van der Waals surface area contributed by atoms with Gasteiger partial charge in [-0.25, -0.2) is 4.98 Å². The number of nitrogens with zero attached hydrogens (tertiary/aromatic N) is 3. The fourth-order valence-corrected chi connectivity index (χ4v) is 2.77. The van der Waals surface area contributed by atoms with E-state index >= 15 is 0 Å². The molecule has 2 aromatic rings. The monoisotopic (exact) mass is 396 g/mol. The number of rotatable bonds is 6. The Morgan fingerprint density at radius 3 is 2.57 bits per heavy atom. The summed E-state index contributed by atoms with van der Waals surface area (Å²) in [5.74, 6) is 1.29. The normalized spacial score (nSPS) is 10.6. The number of aryl methyl sites for hydroxylation is 1. The lowest BCUT2D eigenvalue weighted by atomic mass is 10.2. The molecule has 21 heavy (non-hydrogen) atoms. The van der Waals surface area contributed by atoms with Crippen molar-refractivity contribution in [2.24, 2.45) is 0 Å². The summed E-state index contributed by atoms with van der Waals surface area (Å²) in [6, 6.07) is 10.5. The first-order chi connectivity index (χ1) is 10.1.